The van der Waals surface area contributed by atoms with Crippen LogP contribution in [0.5, 0.6) is 5.75 Å². The van der Waals surface area contributed by atoms with Crippen molar-refractivity contribution in [3.63, 3.8) is 0 Å². The number of rotatable bonds is 8. The summed E-state index contributed by atoms with van der Waals surface area (Å²) in [7, 11) is 0. The van der Waals surface area contributed by atoms with E-state index in [1.165, 1.54) is 4.68 Å². The molecule has 0 saturated heterocycles. The summed E-state index contributed by atoms with van der Waals surface area (Å²) in [6.07, 6.45) is -4.00. The predicted octanol–water partition coefficient (Wildman–Crippen LogP) is 5.37. The third kappa shape index (κ3) is 6.33. The third-order valence-electron chi connectivity index (χ3n) is 4.55. The van der Waals surface area contributed by atoms with Gasteiger partial charge in [-0.1, -0.05) is 24.3 Å². The number of nitrogens with one attached hydrogen (secondary N) is 1. The van der Waals surface area contributed by atoms with E-state index in [1.807, 2.05) is 36.4 Å². The molecule has 1 heterocycles. The van der Waals surface area contributed by atoms with Crippen molar-refractivity contribution in [2.24, 2.45) is 0 Å². The molecule has 0 bridgehead atoms. The number of benzene rings is 2. The monoisotopic (exact) mass is 495 g/mol. The van der Waals surface area contributed by atoms with Crippen molar-refractivity contribution in [1.29, 1.82) is 0 Å². The molecule has 1 aromatic heterocycles. The maximum Gasteiger partial charge on any atom is 0.435 e. The van der Waals surface area contributed by atoms with Gasteiger partial charge in [-0.2, -0.15) is 18.3 Å². The van der Waals surface area contributed by atoms with Crippen molar-refractivity contribution in [3.8, 4) is 5.75 Å². The van der Waals surface area contributed by atoms with Gasteiger partial charge in [-0.15, -0.1) is 0 Å². The number of hydrogen-bond acceptors (Lipinski definition) is 3. The molecule has 0 aliphatic carbocycles. The Hall–Kier alpha value is -2.81. The van der Waals surface area contributed by atoms with Crippen molar-refractivity contribution < 1.29 is 22.7 Å². The van der Waals surface area contributed by atoms with E-state index in [-0.39, 0.29) is 12.5 Å². The van der Waals surface area contributed by atoms with Gasteiger partial charge in [0.1, 0.15) is 12.4 Å². The zero-order valence-corrected chi connectivity index (χ0v) is 18.3. The van der Waals surface area contributed by atoms with Crippen LogP contribution in [0.15, 0.2) is 59.1 Å². The Morgan fingerprint density at radius 1 is 1.16 bits per heavy atom. The minimum Gasteiger partial charge on any atom is -0.488 e. The van der Waals surface area contributed by atoms with Gasteiger partial charge in [-0.3, -0.25) is 9.48 Å². The lowest BCUT2D eigenvalue weighted by molar-refractivity contribution is -0.141. The summed E-state index contributed by atoms with van der Waals surface area (Å²) in [6, 6.07) is 15.6. The second-order valence-corrected chi connectivity index (χ2v) is 7.77. The van der Waals surface area contributed by atoms with Gasteiger partial charge < -0.3 is 10.1 Å². The fourth-order valence-electron chi connectivity index (χ4n) is 2.88. The highest BCUT2D eigenvalue weighted by molar-refractivity contribution is 9.10. The van der Waals surface area contributed by atoms with Gasteiger partial charge in [-0.25, -0.2) is 0 Å². The second-order valence-electron chi connectivity index (χ2n) is 6.92. The summed E-state index contributed by atoms with van der Waals surface area (Å²) in [5.41, 5.74) is 0.943. The topological polar surface area (TPSA) is 56.2 Å². The van der Waals surface area contributed by atoms with Gasteiger partial charge in [0, 0.05) is 24.3 Å². The molecule has 3 rings (SSSR count). The zero-order chi connectivity index (χ0) is 22.4. The first-order valence-electron chi connectivity index (χ1n) is 9.60. The molecule has 0 radical (unpaired) electrons. The number of carbonyl (C=O) groups is 1. The minimum absolute atomic E-state index is 0.244. The van der Waals surface area contributed by atoms with E-state index in [2.05, 4.69) is 26.3 Å². The van der Waals surface area contributed by atoms with Crippen LogP contribution in [0.3, 0.4) is 0 Å². The Kier molecular flexibility index (Phi) is 7.37. The molecule has 0 saturated carbocycles. The number of alkyl halides is 3. The molecule has 31 heavy (non-hydrogen) atoms. The molecule has 0 fully saturated rings. The van der Waals surface area contributed by atoms with E-state index in [0.29, 0.717) is 30.8 Å². The number of halogens is 4. The second kappa shape index (κ2) is 10.00. The lowest BCUT2D eigenvalue weighted by Crippen LogP contribution is -2.25. The Bertz CT molecular complexity index is 1030. The van der Waals surface area contributed by atoms with Crippen molar-refractivity contribution in [2.75, 3.05) is 6.54 Å². The van der Waals surface area contributed by atoms with Crippen molar-refractivity contribution in [3.05, 3.63) is 81.6 Å². The van der Waals surface area contributed by atoms with Crippen LogP contribution in [-0.4, -0.2) is 22.2 Å². The highest BCUT2D eigenvalue weighted by Crippen LogP contribution is 2.28. The first-order chi connectivity index (χ1) is 14.7. The number of aromatic nitrogens is 2. The molecular formula is C22H21BrF3N3O2. The Balaban J connectivity index is 1.44. The van der Waals surface area contributed by atoms with Gasteiger partial charge in [-0.05, 0) is 65.2 Å². The molecule has 9 heteroatoms. The SMILES string of the molecule is Cc1cc(C(F)(F)F)nn1CCCNC(=O)c1ccc(COc2ccccc2Br)cc1. The van der Waals surface area contributed by atoms with Crippen LogP contribution in [0.2, 0.25) is 0 Å². The van der Waals surface area contributed by atoms with E-state index < -0.39 is 11.9 Å². The maximum atomic E-state index is 12.7. The van der Waals surface area contributed by atoms with E-state index in [4.69, 9.17) is 4.74 Å². The summed E-state index contributed by atoms with van der Waals surface area (Å²) < 4.78 is 46.0. The molecule has 0 spiro atoms. The van der Waals surface area contributed by atoms with Gasteiger partial charge in [0.15, 0.2) is 5.69 Å². The fourth-order valence-corrected chi connectivity index (χ4v) is 3.28. The quantitative estimate of drug-likeness (QED) is 0.427. The predicted molar refractivity (Wildman–Crippen MR) is 114 cm³/mol. The zero-order valence-electron chi connectivity index (χ0n) is 16.7. The minimum atomic E-state index is -4.46. The van der Waals surface area contributed by atoms with E-state index in [0.717, 1.165) is 21.9 Å². The highest BCUT2D eigenvalue weighted by Gasteiger charge is 2.34. The number of amides is 1. The van der Waals surface area contributed by atoms with Gasteiger partial charge in [0.05, 0.1) is 4.47 Å². The number of aryl methyl sites for hydroxylation is 2. The van der Waals surface area contributed by atoms with E-state index >= 15 is 0 Å². The standard InChI is InChI=1S/C22H21BrF3N3O2/c1-15-13-20(22(24,25)26)28-29(15)12-4-11-27-21(30)17-9-7-16(8-10-17)14-31-19-6-3-2-5-18(19)23/h2-3,5-10,13H,4,11-12,14H2,1H3,(H,27,30). The molecule has 0 unspecified atom stereocenters. The van der Waals surface area contributed by atoms with Gasteiger partial charge >= 0.3 is 6.18 Å². The summed E-state index contributed by atoms with van der Waals surface area (Å²) >= 11 is 3.43. The first kappa shape index (κ1) is 22.9. The molecular weight excluding hydrogens is 475 g/mol. The van der Waals surface area contributed by atoms with Gasteiger partial charge in [0.25, 0.3) is 5.91 Å². The Morgan fingerprint density at radius 2 is 1.87 bits per heavy atom. The molecule has 0 aliphatic rings. The van der Waals surface area contributed by atoms with Crippen LogP contribution in [0.25, 0.3) is 0 Å². The number of nitrogens with zero attached hydrogens (tertiary/aromatic N) is 2. The Morgan fingerprint density at radius 3 is 2.52 bits per heavy atom. The average molecular weight is 496 g/mol. The smallest absolute Gasteiger partial charge is 0.435 e. The molecule has 2 aromatic carbocycles. The largest absolute Gasteiger partial charge is 0.488 e. The van der Waals surface area contributed by atoms with Crippen LogP contribution in [-0.2, 0) is 19.3 Å². The number of carbonyl (C=O) groups excluding carboxylic acids is 1. The molecule has 5 nitrogen and oxygen atoms in total. The van der Waals surface area contributed by atoms with Crippen molar-refractivity contribution in [2.45, 2.75) is 32.7 Å². The Labute approximate surface area is 186 Å². The molecule has 0 aliphatic heterocycles. The number of para-hydroxylation sites is 1. The molecule has 164 valence electrons. The molecule has 1 amide bonds. The van der Waals surface area contributed by atoms with Crippen LogP contribution in [0.4, 0.5) is 13.2 Å². The summed E-state index contributed by atoms with van der Waals surface area (Å²) in [5.74, 6) is 0.491. The summed E-state index contributed by atoms with van der Waals surface area (Å²) in [4.78, 5) is 12.3. The van der Waals surface area contributed by atoms with Crippen LogP contribution in [0.1, 0.15) is 33.7 Å². The number of hydrogen-bond donors (Lipinski definition) is 1. The normalized spacial score (nSPS) is 11.4. The lowest BCUT2D eigenvalue weighted by Gasteiger charge is -2.09. The molecule has 3 aromatic rings. The van der Waals surface area contributed by atoms with Crippen LogP contribution >= 0.6 is 15.9 Å². The van der Waals surface area contributed by atoms with Crippen LogP contribution in [0, 0.1) is 6.92 Å². The molecule has 1 N–H and O–H groups in total. The number of ether oxygens (including phenoxy) is 1. The van der Waals surface area contributed by atoms with E-state index in [1.54, 1.807) is 19.1 Å². The van der Waals surface area contributed by atoms with Gasteiger partial charge in [0.2, 0.25) is 0 Å². The first-order valence-corrected chi connectivity index (χ1v) is 10.4. The maximum absolute atomic E-state index is 12.7. The van der Waals surface area contributed by atoms with Crippen LogP contribution < -0.4 is 10.1 Å². The summed E-state index contributed by atoms with van der Waals surface area (Å²) in [6.45, 7) is 2.55. The van der Waals surface area contributed by atoms with Crippen molar-refractivity contribution in [1.82, 2.24) is 15.1 Å². The van der Waals surface area contributed by atoms with E-state index in [9.17, 15) is 18.0 Å². The summed E-state index contributed by atoms with van der Waals surface area (Å²) in [5, 5.41) is 6.35. The lowest BCUT2D eigenvalue weighted by atomic mass is 10.1. The fraction of sp³-hybridized carbons (Fsp3) is 0.273. The average Bonchev–Trinajstić information content (AvgIpc) is 3.12. The molecule has 0 atom stereocenters. The third-order valence-corrected chi connectivity index (χ3v) is 5.21. The van der Waals surface area contributed by atoms with Crippen molar-refractivity contribution >= 4 is 21.8 Å². The highest BCUT2D eigenvalue weighted by atomic mass is 79.9.